The minimum atomic E-state index is 0. The molecule has 15 heavy (non-hydrogen) atoms. The molecule has 0 radical (unpaired) electrons. The summed E-state index contributed by atoms with van der Waals surface area (Å²) in [6.07, 6.45) is 1.01. The first kappa shape index (κ1) is 14.3. The topological polar surface area (TPSA) is 35.2 Å². The predicted octanol–water partition coefficient (Wildman–Crippen LogP) is 3.16. The summed E-state index contributed by atoms with van der Waals surface area (Å²) in [7, 11) is 1.67. The highest BCUT2D eigenvalue weighted by Gasteiger charge is 2.08. The Morgan fingerprint density at radius 1 is 1.33 bits per heavy atom. The highest BCUT2D eigenvalue weighted by atomic mass is 35.5. The van der Waals surface area contributed by atoms with E-state index in [2.05, 4.69) is 19.9 Å². The van der Waals surface area contributed by atoms with E-state index in [1.165, 1.54) is 0 Å². The Kier molecular flexibility index (Phi) is 6.37. The van der Waals surface area contributed by atoms with Gasteiger partial charge >= 0.3 is 0 Å². The molecule has 0 aromatic heterocycles. The third-order valence-corrected chi connectivity index (χ3v) is 2.25. The van der Waals surface area contributed by atoms with Crippen molar-refractivity contribution < 1.29 is 4.74 Å². The SMILES string of the molecule is COc1cccc([C@@H](N)CC(C)C)c1.Cl. The minimum absolute atomic E-state index is 0. The highest BCUT2D eigenvalue weighted by molar-refractivity contribution is 5.85. The number of ether oxygens (including phenoxy) is 1. The lowest BCUT2D eigenvalue weighted by molar-refractivity contribution is 0.413. The van der Waals surface area contributed by atoms with Crippen molar-refractivity contribution in [1.29, 1.82) is 0 Å². The Balaban J connectivity index is 0.00000196. The highest BCUT2D eigenvalue weighted by Crippen LogP contribution is 2.22. The Bertz CT molecular complexity index is 289. The average Bonchev–Trinajstić information content (AvgIpc) is 2.17. The van der Waals surface area contributed by atoms with E-state index < -0.39 is 0 Å². The second-order valence-corrected chi connectivity index (χ2v) is 4.01. The third-order valence-electron chi connectivity index (χ3n) is 2.25. The molecule has 0 fully saturated rings. The Morgan fingerprint density at radius 2 is 2.00 bits per heavy atom. The first-order valence-corrected chi connectivity index (χ1v) is 5.03. The van der Waals surface area contributed by atoms with Crippen LogP contribution in [-0.2, 0) is 0 Å². The van der Waals surface area contributed by atoms with E-state index in [0.717, 1.165) is 17.7 Å². The van der Waals surface area contributed by atoms with Crippen LogP contribution in [0.5, 0.6) is 5.75 Å². The van der Waals surface area contributed by atoms with Crippen LogP contribution >= 0.6 is 12.4 Å². The molecule has 0 saturated carbocycles. The first-order chi connectivity index (χ1) is 6.63. The van der Waals surface area contributed by atoms with E-state index in [1.807, 2.05) is 18.2 Å². The smallest absolute Gasteiger partial charge is 0.119 e. The summed E-state index contributed by atoms with van der Waals surface area (Å²) in [6.45, 7) is 4.36. The molecule has 2 nitrogen and oxygen atoms in total. The van der Waals surface area contributed by atoms with Gasteiger partial charge in [0.05, 0.1) is 7.11 Å². The second-order valence-electron chi connectivity index (χ2n) is 4.01. The van der Waals surface area contributed by atoms with Crippen molar-refractivity contribution in [3.63, 3.8) is 0 Å². The van der Waals surface area contributed by atoms with Gasteiger partial charge in [0.15, 0.2) is 0 Å². The lowest BCUT2D eigenvalue weighted by Crippen LogP contribution is -2.12. The number of nitrogens with two attached hydrogens (primary N) is 1. The van der Waals surface area contributed by atoms with Gasteiger partial charge in [0, 0.05) is 6.04 Å². The van der Waals surface area contributed by atoms with Crippen molar-refractivity contribution in [2.75, 3.05) is 7.11 Å². The number of hydrogen-bond donors (Lipinski definition) is 1. The summed E-state index contributed by atoms with van der Waals surface area (Å²) in [5, 5.41) is 0. The van der Waals surface area contributed by atoms with Crippen molar-refractivity contribution in [2.24, 2.45) is 11.7 Å². The Morgan fingerprint density at radius 3 is 2.53 bits per heavy atom. The largest absolute Gasteiger partial charge is 0.497 e. The lowest BCUT2D eigenvalue weighted by atomic mass is 9.98. The molecule has 0 bridgehead atoms. The van der Waals surface area contributed by atoms with Crippen LogP contribution in [-0.4, -0.2) is 7.11 Å². The fourth-order valence-corrected chi connectivity index (χ4v) is 1.52. The number of hydrogen-bond acceptors (Lipinski definition) is 2. The van der Waals surface area contributed by atoms with Crippen LogP contribution in [0, 0.1) is 5.92 Å². The summed E-state index contributed by atoms with van der Waals surface area (Å²) in [5.41, 5.74) is 7.21. The van der Waals surface area contributed by atoms with E-state index in [4.69, 9.17) is 10.5 Å². The summed E-state index contributed by atoms with van der Waals surface area (Å²) in [6, 6.07) is 8.09. The van der Waals surface area contributed by atoms with Gasteiger partial charge in [0.1, 0.15) is 5.75 Å². The summed E-state index contributed by atoms with van der Waals surface area (Å²) < 4.78 is 5.15. The van der Waals surface area contributed by atoms with Crippen LogP contribution in [0.3, 0.4) is 0 Å². The van der Waals surface area contributed by atoms with Gasteiger partial charge in [0.25, 0.3) is 0 Å². The molecular formula is C12H20ClNO. The monoisotopic (exact) mass is 229 g/mol. The van der Waals surface area contributed by atoms with Gasteiger partial charge in [-0.25, -0.2) is 0 Å². The van der Waals surface area contributed by atoms with Crippen LogP contribution in [0.2, 0.25) is 0 Å². The number of benzene rings is 1. The van der Waals surface area contributed by atoms with Crippen LogP contribution in [0.4, 0.5) is 0 Å². The number of methoxy groups -OCH3 is 1. The zero-order valence-electron chi connectivity index (χ0n) is 9.57. The molecule has 0 spiro atoms. The van der Waals surface area contributed by atoms with E-state index in [9.17, 15) is 0 Å². The molecule has 1 rings (SSSR count). The second kappa shape index (κ2) is 6.70. The standard InChI is InChI=1S/C12H19NO.ClH/c1-9(2)7-12(13)10-5-4-6-11(8-10)14-3;/h4-6,8-9,12H,7,13H2,1-3H3;1H/t12-;/m0./s1. The van der Waals surface area contributed by atoms with Crippen molar-refractivity contribution >= 4 is 12.4 Å². The Hall–Kier alpha value is -0.730. The molecule has 1 atom stereocenters. The van der Waals surface area contributed by atoms with Crippen molar-refractivity contribution in [3.8, 4) is 5.75 Å². The van der Waals surface area contributed by atoms with Gasteiger partial charge in [-0.3, -0.25) is 0 Å². The van der Waals surface area contributed by atoms with E-state index in [-0.39, 0.29) is 18.4 Å². The number of halogens is 1. The molecule has 0 saturated heterocycles. The molecular weight excluding hydrogens is 210 g/mol. The maximum atomic E-state index is 6.06. The van der Waals surface area contributed by atoms with Crippen LogP contribution in [0.1, 0.15) is 31.9 Å². The Labute approximate surface area is 98.2 Å². The third kappa shape index (κ3) is 4.54. The predicted molar refractivity (Wildman–Crippen MR) is 66.6 cm³/mol. The van der Waals surface area contributed by atoms with Gasteiger partial charge in [-0.1, -0.05) is 26.0 Å². The molecule has 86 valence electrons. The van der Waals surface area contributed by atoms with E-state index in [0.29, 0.717) is 5.92 Å². The van der Waals surface area contributed by atoms with Crippen molar-refractivity contribution in [3.05, 3.63) is 29.8 Å². The molecule has 0 aliphatic rings. The van der Waals surface area contributed by atoms with Gasteiger partial charge < -0.3 is 10.5 Å². The average molecular weight is 230 g/mol. The molecule has 0 aliphatic heterocycles. The van der Waals surface area contributed by atoms with Crippen LogP contribution in [0.25, 0.3) is 0 Å². The first-order valence-electron chi connectivity index (χ1n) is 5.03. The maximum absolute atomic E-state index is 6.06. The van der Waals surface area contributed by atoms with E-state index in [1.54, 1.807) is 7.11 Å². The molecule has 1 aromatic rings. The van der Waals surface area contributed by atoms with E-state index >= 15 is 0 Å². The molecule has 0 amide bonds. The van der Waals surface area contributed by atoms with Gasteiger partial charge in [-0.15, -0.1) is 12.4 Å². The minimum Gasteiger partial charge on any atom is -0.497 e. The normalized spacial score (nSPS) is 12.1. The summed E-state index contributed by atoms with van der Waals surface area (Å²) in [5.74, 6) is 1.50. The summed E-state index contributed by atoms with van der Waals surface area (Å²) >= 11 is 0. The van der Waals surface area contributed by atoms with Crippen LogP contribution < -0.4 is 10.5 Å². The molecule has 0 aliphatic carbocycles. The summed E-state index contributed by atoms with van der Waals surface area (Å²) in [4.78, 5) is 0. The lowest BCUT2D eigenvalue weighted by Gasteiger charge is -2.15. The van der Waals surface area contributed by atoms with Gasteiger partial charge in [0.2, 0.25) is 0 Å². The zero-order chi connectivity index (χ0) is 10.6. The zero-order valence-corrected chi connectivity index (χ0v) is 10.4. The fraction of sp³-hybridized carbons (Fsp3) is 0.500. The molecule has 0 heterocycles. The van der Waals surface area contributed by atoms with Gasteiger partial charge in [-0.05, 0) is 30.0 Å². The fourth-order valence-electron chi connectivity index (χ4n) is 1.52. The van der Waals surface area contributed by atoms with Crippen molar-refractivity contribution in [2.45, 2.75) is 26.3 Å². The van der Waals surface area contributed by atoms with Crippen LogP contribution in [0.15, 0.2) is 24.3 Å². The number of rotatable bonds is 4. The molecule has 1 aromatic carbocycles. The maximum Gasteiger partial charge on any atom is 0.119 e. The molecule has 2 N–H and O–H groups in total. The molecule has 3 heteroatoms. The van der Waals surface area contributed by atoms with Gasteiger partial charge in [-0.2, -0.15) is 0 Å². The van der Waals surface area contributed by atoms with Crippen molar-refractivity contribution in [1.82, 2.24) is 0 Å². The molecule has 0 unspecified atom stereocenters. The quantitative estimate of drug-likeness (QED) is 0.861.